The molecule has 1 aliphatic rings. The van der Waals surface area contributed by atoms with Gasteiger partial charge in [0, 0.05) is 17.3 Å². The zero-order valence-electron chi connectivity index (χ0n) is 13.9. The molecule has 0 spiro atoms. The minimum absolute atomic E-state index is 0.00333. The van der Waals surface area contributed by atoms with Crippen LogP contribution in [0.2, 0.25) is 0 Å². The van der Waals surface area contributed by atoms with Crippen molar-refractivity contribution in [3.8, 4) is 0 Å². The van der Waals surface area contributed by atoms with Gasteiger partial charge in [0.1, 0.15) is 0 Å². The van der Waals surface area contributed by atoms with Gasteiger partial charge in [0.05, 0.1) is 11.3 Å². The zero-order valence-corrected chi connectivity index (χ0v) is 14.8. The van der Waals surface area contributed by atoms with Crippen LogP contribution in [-0.4, -0.2) is 26.3 Å². The summed E-state index contributed by atoms with van der Waals surface area (Å²) < 4.78 is 27.1. The molecule has 1 fully saturated rings. The summed E-state index contributed by atoms with van der Waals surface area (Å²) in [6.07, 6.45) is 1.80. The van der Waals surface area contributed by atoms with Gasteiger partial charge < -0.3 is 11.1 Å². The maximum atomic E-state index is 12.4. The largest absolute Gasteiger partial charge is 0.369 e. The molecule has 0 bridgehead atoms. The van der Waals surface area contributed by atoms with Crippen LogP contribution in [0.15, 0.2) is 53.4 Å². The molecule has 1 saturated carbocycles. The summed E-state index contributed by atoms with van der Waals surface area (Å²) in [7, 11) is -3.62. The summed E-state index contributed by atoms with van der Waals surface area (Å²) in [5.41, 5.74) is 6.66. The Labute approximate surface area is 151 Å². The number of anilines is 1. The van der Waals surface area contributed by atoms with E-state index in [0.717, 1.165) is 18.4 Å². The average molecular weight is 373 g/mol. The summed E-state index contributed by atoms with van der Waals surface area (Å²) in [5, 5.41) is 2.70. The van der Waals surface area contributed by atoms with E-state index >= 15 is 0 Å². The number of rotatable bonds is 7. The number of nitrogens with one attached hydrogen (secondary N) is 2. The van der Waals surface area contributed by atoms with Crippen molar-refractivity contribution >= 4 is 27.5 Å². The van der Waals surface area contributed by atoms with E-state index in [9.17, 15) is 18.0 Å². The van der Waals surface area contributed by atoms with Crippen LogP contribution in [0.5, 0.6) is 0 Å². The van der Waals surface area contributed by atoms with E-state index in [4.69, 9.17) is 5.73 Å². The van der Waals surface area contributed by atoms with Gasteiger partial charge in [-0.05, 0) is 48.7 Å². The van der Waals surface area contributed by atoms with E-state index in [1.165, 1.54) is 18.2 Å². The lowest BCUT2D eigenvalue weighted by Gasteiger charge is -2.09. The summed E-state index contributed by atoms with van der Waals surface area (Å²) in [5.74, 6) is -0.851. The first kappa shape index (κ1) is 18.1. The van der Waals surface area contributed by atoms with Gasteiger partial charge >= 0.3 is 0 Å². The van der Waals surface area contributed by atoms with Crippen LogP contribution in [-0.2, 0) is 21.2 Å². The molecule has 7 nitrogen and oxygen atoms in total. The van der Waals surface area contributed by atoms with Gasteiger partial charge in [0.2, 0.25) is 15.9 Å². The minimum Gasteiger partial charge on any atom is -0.369 e. The molecule has 0 heterocycles. The number of hydrogen-bond donors (Lipinski definition) is 3. The Balaban J connectivity index is 1.71. The maximum Gasteiger partial charge on any atom is 0.255 e. The Kier molecular flexibility index (Phi) is 5.06. The van der Waals surface area contributed by atoms with Gasteiger partial charge in [-0.15, -0.1) is 0 Å². The number of amides is 2. The number of nitrogens with two attached hydrogens (primary N) is 1. The first-order chi connectivity index (χ1) is 12.3. The molecule has 0 radical (unpaired) electrons. The number of sulfonamides is 1. The number of primary amides is 1. The van der Waals surface area contributed by atoms with Crippen molar-refractivity contribution in [3.05, 3.63) is 59.7 Å². The number of hydrogen-bond acceptors (Lipinski definition) is 4. The van der Waals surface area contributed by atoms with Crippen molar-refractivity contribution in [1.82, 2.24) is 4.72 Å². The lowest BCUT2D eigenvalue weighted by molar-refractivity contribution is -0.117. The lowest BCUT2D eigenvalue weighted by Crippen LogP contribution is -2.26. The summed E-state index contributed by atoms with van der Waals surface area (Å²) in [6.45, 7) is 0. The predicted molar refractivity (Wildman–Crippen MR) is 97.1 cm³/mol. The molecule has 4 N–H and O–H groups in total. The molecule has 3 rings (SSSR count). The van der Waals surface area contributed by atoms with E-state index in [1.54, 1.807) is 30.3 Å². The maximum absolute atomic E-state index is 12.4. The first-order valence-corrected chi connectivity index (χ1v) is 9.63. The van der Waals surface area contributed by atoms with Gasteiger partial charge in [-0.25, -0.2) is 13.1 Å². The first-order valence-electron chi connectivity index (χ1n) is 8.14. The second kappa shape index (κ2) is 7.27. The SMILES string of the molecule is NC(=O)Cc1ccc(NC(=O)c2cccc(S(=O)(=O)NC3CC3)c2)cc1. The van der Waals surface area contributed by atoms with Gasteiger partial charge in [-0.1, -0.05) is 18.2 Å². The van der Waals surface area contributed by atoms with Crippen molar-refractivity contribution in [1.29, 1.82) is 0 Å². The standard InChI is InChI=1S/C18H19N3O4S/c19-17(22)10-12-4-6-14(7-5-12)20-18(23)13-2-1-3-16(11-13)26(24,25)21-15-8-9-15/h1-7,11,15,21H,8-10H2,(H2,19,22)(H,20,23). The predicted octanol–water partition coefficient (Wildman–Crippen LogP) is 1.41. The molecule has 1 aliphatic carbocycles. The Morgan fingerprint density at radius 1 is 1.08 bits per heavy atom. The van der Waals surface area contributed by atoms with Gasteiger partial charge in [-0.3, -0.25) is 9.59 Å². The number of benzene rings is 2. The quantitative estimate of drug-likeness (QED) is 0.680. The van der Waals surface area contributed by atoms with Crippen molar-refractivity contribution < 1.29 is 18.0 Å². The van der Waals surface area contributed by atoms with Crippen LogP contribution in [0.4, 0.5) is 5.69 Å². The monoisotopic (exact) mass is 373 g/mol. The third-order valence-electron chi connectivity index (χ3n) is 3.90. The van der Waals surface area contributed by atoms with Crippen LogP contribution in [0.25, 0.3) is 0 Å². The van der Waals surface area contributed by atoms with Crippen LogP contribution < -0.4 is 15.8 Å². The summed E-state index contributed by atoms with van der Waals surface area (Å²) >= 11 is 0. The molecule has 2 aromatic rings. The molecular weight excluding hydrogens is 354 g/mol. The van der Waals surface area contributed by atoms with Crippen molar-refractivity contribution in [2.45, 2.75) is 30.2 Å². The number of carbonyl (C=O) groups excluding carboxylic acids is 2. The van der Waals surface area contributed by atoms with Gasteiger partial charge in [-0.2, -0.15) is 0 Å². The normalized spacial score (nSPS) is 14.0. The number of carbonyl (C=O) groups is 2. The highest BCUT2D eigenvalue weighted by atomic mass is 32.2. The van der Waals surface area contributed by atoms with E-state index < -0.39 is 21.8 Å². The lowest BCUT2D eigenvalue weighted by atomic mass is 10.1. The Bertz CT molecular complexity index is 935. The summed E-state index contributed by atoms with van der Waals surface area (Å²) in [4.78, 5) is 23.4. The van der Waals surface area contributed by atoms with Crippen LogP contribution in [0.3, 0.4) is 0 Å². The fourth-order valence-corrected chi connectivity index (χ4v) is 3.75. The zero-order chi connectivity index (χ0) is 18.7. The third-order valence-corrected chi connectivity index (χ3v) is 5.41. The average Bonchev–Trinajstić information content (AvgIpc) is 3.39. The molecule has 8 heteroatoms. The van der Waals surface area contributed by atoms with Crippen LogP contribution in [0, 0.1) is 0 Å². The van der Waals surface area contributed by atoms with Gasteiger partial charge in [0.25, 0.3) is 5.91 Å². The van der Waals surface area contributed by atoms with Crippen LogP contribution in [0.1, 0.15) is 28.8 Å². The van der Waals surface area contributed by atoms with Gasteiger partial charge in [0.15, 0.2) is 0 Å². The topological polar surface area (TPSA) is 118 Å². The Morgan fingerprint density at radius 2 is 1.77 bits per heavy atom. The van der Waals surface area contributed by atoms with Crippen LogP contribution >= 0.6 is 0 Å². The van der Waals surface area contributed by atoms with E-state index in [2.05, 4.69) is 10.0 Å². The molecule has 0 saturated heterocycles. The van der Waals surface area contributed by atoms with Crippen molar-refractivity contribution in [2.75, 3.05) is 5.32 Å². The highest BCUT2D eigenvalue weighted by Crippen LogP contribution is 2.22. The second-order valence-corrected chi connectivity index (χ2v) is 7.93. The highest BCUT2D eigenvalue weighted by Gasteiger charge is 2.28. The minimum atomic E-state index is -3.62. The smallest absolute Gasteiger partial charge is 0.255 e. The molecule has 26 heavy (non-hydrogen) atoms. The Hall–Kier alpha value is -2.71. The third kappa shape index (κ3) is 4.68. The van der Waals surface area contributed by atoms with Crippen molar-refractivity contribution in [3.63, 3.8) is 0 Å². The molecule has 2 amide bonds. The van der Waals surface area contributed by atoms with E-state index in [-0.39, 0.29) is 22.9 Å². The fourth-order valence-electron chi connectivity index (χ4n) is 2.40. The van der Waals surface area contributed by atoms with E-state index in [1.807, 2.05) is 0 Å². The molecule has 2 aromatic carbocycles. The van der Waals surface area contributed by atoms with E-state index in [0.29, 0.717) is 5.69 Å². The summed E-state index contributed by atoms with van der Waals surface area (Å²) in [6, 6.07) is 12.6. The second-order valence-electron chi connectivity index (χ2n) is 6.22. The molecule has 0 aromatic heterocycles. The molecule has 0 atom stereocenters. The van der Waals surface area contributed by atoms with Crippen molar-refractivity contribution in [2.24, 2.45) is 5.73 Å². The molecule has 136 valence electrons. The molecule has 0 aliphatic heterocycles. The molecular formula is C18H19N3O4S. The highest BCUT2D eigenvalue weighted by molar-refractivity contribution is 7.89. The molecule has 0 unspecified atom stereocenters. The fraction of sp³-hybridized carbons (Fsp3) is 0.222. The Morgan fingerprint density at radius 3 is 2.38 bits per heavy atom.